The number of nitriles is 1. The van der Waals surface area contributed by atoms with Crippen LogP contribution >= 0.6 is 0 Å². The Bertz CT molecular complexity index is 588. The van der Waals surface area contributed by atoms with Gasteiger partial charge >= 0.3 is 0 Å². The van der Waals surface area contributed by atoms with Crippen molar-refractivity contribution in [1.29, 1.82) is 5.26 Å². The highest BCUT2D eigenvalue weighted by Gasteiger charge is 2.10. The van der Waals surface area contributed by atoms with Gasteiger partial charge in [-0.3, -0.25) is 0 Å². The zero-order valence-corrected chi connectivity index (χ0v) is 13.0. The Morgan fingerprint density at radius 1 is 1.45 bits per heavy atom. The molecule has 0 unspecified atom stereocenters. The van der Waals surface area contributed by atoms with Crippen molar-refractivity contribution >= 4 is 12.0 Å². The SMILES string of the molecule is COc1cccc(/C=C(/C#N)C(=O)[O-])c1OCCC[NH+](C)C. The van der Waals surface area contributed by atoms with Crippen LogP contribution in [0, 0.1) is 11.3 Å². The number of methoxy groups -OCH3 is 1. The van der Waals surface area contributed by atoms with E-state index in [1.54, 1.807) is 24.3 Å². The van der Waals surface area contributed by atoms with Gasteiger partial charge in [0.2, 0.25) is 0 Å². The van der Waals surface area contributed by atoms with Crippen molar-refractivity contribution in [3.05, 3.63) is 29.3 Å². The molecule has 0 saturated heterocycles. The number of hydrogen-bond acceptors (Lipinski definition) is 5. The van der Waals surface area contributed by atoms with Crippen LogP contribution in [0.2, 0.25) is 0 Å². The van der Waals surface area contributed by atoms with E-state index in [9.17, 15) is 9.90 Å². The molecule has 0 saturated carbocycles. The maximum absolute atomic E-state index is 10.9. The van der Waals surface area contributed by atoms with Crippen molar-refractivity contribution < 1.29 is 24.3 Å². The van der Waals surface area contributed by atoms with Gasteiger partial charge in [0.1, 0.15) is 6.07 Å². The summed E-state index contributed by atoms with van der Waals surface area (Å²) in [4.78, 5) is 12.2. The number of carboxylic acids is 1. The van der Waals surface area contributed by atoms with E-state index in [0.29, 0.717) is 23.7 Å². The molecule has 0 radical (unpaired) electrons. The highest BCUT2D eigenvalue weighted by molar-refractivity contribution is 5.95. The number of para-hydroxylation sites is 1. The molecule has 0 aliphatic rings. The maximum atomic E-state index is 10.9. The topological polar surface area (TPSA) is 86.8 Å². The first-order valence-corrected chi connectivity index (χ1v) is 6.91. The predicted molar refractivity (Wildman–Crippen MR) is 79.4 cm³/mol. The van der Waals surface area contributed by atoms with Gasteiger partial charge in [-0.1, -0.05) is 12.1 Å². The first kappa shape index (κ1) is 17.5. The molecule has 0 spiro atoms. The molecule has 0 atom stereocenters. The maximum Gasteiger partial charge on any atom is 0.168 e. The third-order valence-corrected chi connectivity index (χ3v) is 2.94. The minimum absolute atomic E-state index is 0.424. The molecule has 1 rings (SSSR count). The van der Waals surface area contributed by atoms with Crippen LogP contribution in [0.4, 0.5) is 0 Å². The van der Waals surface area contributed by atoms with Crippen LogP contribution in [0.15, 0.2) is 23.8 Å². The lowest BCUT2D eigenvalue weighted by Crippen LogP contribution is -3.05. The zero-order chi connectivity index (χ0) is 16.5. The summed E-state index contributed by atoms with van der Waals surface area (Å²) in [5, 5.41) is 19.7. The molecule has 0 aliphatic heterocycles. The van der Waals surface area contributed by atoms with Crippen LogP contribution in [0.25, 0.3) is 6.08 Å². The smallest absolute Gasteiger partial charge is 0.168 e. The third-order valence-electron chi connectivity index (χ3n) is 2.94. The largest absolute Gasteiger partial charge is 0.544 e. The number of carbonyl (C=O) groups is 1. The van der Waals surface area contributed by atoms with Crippen molar-refractivity contribution in [1.82, 2.24) is 0 Å². The number of aliphatic carboxylic acids is 1. The molecule has 1 N–H and O–H groups in total. The number of rotatable bonds is 8. The Hall–Kier alpha value is -2.52. The van der Waals surface area contributed by atoms with Crippen molar-refractivity contribution in [2.24, 2.45) is 0 Å². The van der Waals surface area contributed by atoms with E-state index in [1.165, 1.54) is 18.1 Å². The van der Waals surface area contributed by atoms with Gasteiger partial charge in [-0.2, -0.15) is 5.26 Å². The van der Waals surface area contributed by atoms with Gasteiger partial charge in [0.05, 0.1) is 45.9 Å². The monoisotopic (exact) mass is 304 g/mol. The van der Waals surface area contributed by atoms with E-state index in [2.05, 4.69) is 14.1 Å². The number of nitrogens with one attached hydrogen (secondary N) is 1. The fourth-order valence-electron chi connectivity index (χ4n) is 1.85. The summed E-state index contributed by atoms with van der Waals surface area (Å²) < 4.78 is 11.0. The van der Waals surface area contributed by atoms with E-state index in [-0.39, 0.29) is 0 Å². The van der Waals surface area contributed by atoms with Crippen LogP contribution in [0.3, 0.4) is 0 Å². The molecule has 0 aliphatic carbocycles. The Balaban J connectivity index is 3.02. The second-order valence-electron chi connectivity index (χ2n) is 5.00. The average molecular weight is 304 g/mol. The quantitative estimate of drug-likeness (QED) is 0.388. The van der Waals surface area contributed by atoms with Crippen LogP contribution in [0.1, 0.15) is 12.0 Å². The highest BCUT2D eigenvalue weighted by Crippen LogP contribution is 2.32. The summed E-state index contributed by atoms with van der Waals surface area (Å²) in [6, 6.07) is 6.68. The van der Waals surface area contributed by atoms with Gasteiger partial charge in [-0.05, 0) is 12.1 Å². The zero-order valence-electron chi connectivity index (χ0n) is 13.0. The van der Waals surface area contributed by atoms with E-state index in [0.717, 1.165) is 13.0 Å². The van der Waals surface area contributed by atoms with E-state index in [4.69, 9.17) is 14.7 Å². The predicted octanol–water partition coefficient (Wildman–Crippen LogP) is -0.735. The fraction of sp³-hybridized carbons (Fsp3) is 0.375. The molecule has 0 fully saturated rings. The van der Waals surface area contributed by atoms with Crippen LogP contribution in [-0.4, -0.2) is 40.3 Å². The standard InChI is InChI=1S/C16H20N2O4/c1-18(2)8-5-9-22-15-12(6-4-7-14(15)21-3)10-13(11-17)16(19)20/h4,6-7,10H,5,8-9H2,1-3H3,(H,19,20)/b13-10-. The van der Waals surface area contributed by atoms with E-state index < -0.39 is 11.5 Å². The van der Waals surface area contributed by atoms with Gasteiger partial charge < -0.3 is 24.3 Å². The molecular formula is C16H20N2O4. The summed E-state index contributed by atoms with van der Waals surface area (Å²) in [6.45, 7) is 1.42. The van der Waals surface area contributed by atoms with E-state index in [1.807, 2.05) is 0 Å². The number of nitrogens with zero attached hydrogens (tertiary/aromatic N) is 1. The summed E-state index contributed by atoms with van der Waals surface area (Å²) in [6.07, 6.45) is 2.07. The average Bonchev–Trinajstić information content (AvgIpc) is 2.49. The Labute approximate surface area is 130 Å². The highest BCUT2D eigenvalue weighted by atomic mass is 16.5. The van der Waals surface area contributed by atoms with Crippen LogP contribution in [-0.2, 0) is 4.79 Å². The number of ether oxygens (including phenoxy) is 2. The molecule has 0 heterocycles. The van der Waals surface area contributed by atoms with Gasteiger partial charge in [-0.15, -0.1) is 0 Å². The second-order valence-corrected chi connectivity index (χ2v) is 5.00. The molecule has 22 heavy (non-hydrogen) atoms. The molecule has 0 aromatic heterocycles. The van der Waals surface area contributed by atoms with Crippen LogP contribution < -0.4 is 19.5 Å². The summed E-state index contributed by atoms with van der Waals surface area (Å²) in [5.74, 6) is -0.609. The summed E-state index contributed by atoms with van der Waals surface area (Å²) >= 11 is 0. The molecule has 118 valence electrons. The van der Waals surface area contributed by atoms with Crippen molar-refractivity contribution in [2.75, 3.05) is 34.4 Å². The Kier molecular flexibility index (Phi) is 6.93. The van der Waals surface area contributed by atoms with Gasteiger partial charge in [0.25, 0.3) is 0 Å². The van der Waals surface area contributed by atoms with Crippen molar-refractivity contribution in [3.8, 4) is 17.6 Å². The lowest BCUT2D eigenvalue weighted by atomic mass is 10.1. The molecule has 1 aromatic carbocycles. The van der Waals surface area contributed by atoms with Gasteiger partial charge in [-0.25, -0.2) is 0 Å². The minimum Gasteiger partial charge on any atom is -0.544 e. The first-order valence-electron chi connectivity index (χ1n) is 6.91. The number of quaternary nitrogens is 1. The minimum atomic E-state index is -1.52. The molecule has 6 nitrogen and oxygen atoms in total. The normalized spacial score (nSPS) is 11.1. The molecule has 6 heteroatoms. The second kappa shape index (κ2) is 8.70. The van der Waals surface area contributed by atoms with E-state index >= 15 is 0 Å². The number of hydrogen-bond donors (Lipinski definition) is 1. The number of benzene rings is 1. The van der Waals surface area contributed by atoms with Crippen molar-refractivity contribution in [3.63, 3.8) is 0 Å². The number of carboxylic acid groups (broad SMARTS) is 1. The first-order chi connectivity index (χ1) is 10.5. The Morgan fingerprint density at radius 3 is 2.73 bits per heavy atom. The van der Waals surface area contributed by atoms with Gasteiger partial charge in [0, 0.05) is 12.0 Å². The molecule has 0 bridgehead atoms. The van der Waals surface area contributed by atoms with Gasteiger partial charge in [0.15, 0.2) is 11.5 Å². The molecule has 1 aromatic rings. The summed E-state index contributed by atoms with van der Waals surface area (Å²) in [5.41, 5.74) is 0.00754. The fourth-order valence-corrected chi connectivity index (χ4v) is 1.85. The Morgan fingerprint density at radius 2 is 2.18 bits per heavy atom. The molecule has 0 amide bonds. The van der Waals surface area contributed by atoms with Crippen molar-refractivity contribution in [2.45, 2.75) is 6.42 Å². The lowest BCUT2D eigenvalue weighted by Gasteiger charge is -2.14. The third kappa shape index (κ3) is 5.11. The summed E-state index contributed by atoms with van der Waals surface area (Å²) in [7, 11) is 5.61. The van der Waals surface area contributed by atoms with Crippen LogP contribution in [0.5, 0.6) is 11.5 Å². The molecular weight excluding hydrogens is 284 g/mol. The number of carbonyl (C=O) groups excluding carboxylic acids is 1. The lowest BCUT2D eigenvalue weighted by molar-refractivity contribution is -0.858.